The molecule has 0 aliphatic carbocycles. The van der Waals surface area contributed by atoms with E-state index >= 15 is 0 Å². The van der Waals surface area contributed by atoms with E-state index in [4.69, 9.17) is 4.74 Å². The molecular formula is C19H33IN4O. The van der Waals surface area contributed by atoms with Gasteiger partial charge in [0.25, 0.3) is 0 Å². The third-order valence-electron chi connectivity index (χ3n) is 4.25. The molecule has 2 N–H and O–H groups in total. The predicted molar refractivity (Wildman–Crippen MR) is 117 cm³/mol. The number of benzene rings is 1. The van der Waals surface area contributed by atoms with Crippen molar-refractivity contribution in [3.63, 3.8) is 0 Å². The Balaban J connectivity index is 0.00000312. The minimum atomic E-state index is 0. The number of rotatable bonds is 7. The quantitative estimate of drug-likeness (QED) is 0.284. The molecule has 0 aromatic heterocycles. The van der Waals surface area contributed by atoms with Crippen LogP contribution in [0.25, 0.3) is 0 Å². The topological polar surface area (TPSA) is 48.9 Å². The lowest BCUT2D eigenvalue weighted by Gasteiger charge is -2.28. The second-order valence-corrected chi connectivity index (χ2v) is 6.65. The van der Waals surface area contributed by atoms with E-state index in [9.17, 15) is 0 Å². The number of nitrogens with one attached hydrogen (secondary N) is 2. The number of guanidine groups is 1. The van der Waals surface area contributed by atoms with E-state index in [2.05, 4.69) is 58.6 Å². The summed E-state index contributed by atoms with van der Waals surface area (Å²) in [5, 5.41) is 6.75. The van der Waals surface area contributed by atoms with Gasteiger partial charge in [-0.2, -0.15) is 0 Å². The molecule has 1 aliphatic heterocycles. The monoisotopic (exact) mass is 460 g/mol. The minimum Gasteiger partial charge on any atom is -0.378 e. The van der Waals surface area contributed by atoms with E-state index in [1.807, 2.05) is 7.05 Å². The van der Waals surface area contributed by atoms with Crippen molar-refractivity contribution < 1.29 is 4.74 Å². The van der Waals surface area contributed by atoms with Gasteiger partial charge in [0.15, 0.2) is 5.96 Å². The molecule has 0 spiro atoms. The highest BCUT2D eigenvalue weighted by atomic mass is 127. The number of morpholine rings is 1. The van der Waals surface area contributed by atoms with Gasteiger partial charge in [-0.05, 0) is 36.5 Å². The zero-order valence-electron chi connectivity index (χ0n) is 15.8. The lowest BCUT2D eigenvalue weighted by atomic mass is 10.1. The van der Waals surface area contributed by atoms with E-state index in [1.165, 1.54) is 24.1 Å². The van der Waals surface area contributed by atoms with Crippen LogP contribution in [-0.4, -0.2) is 45.9 Å². The number of ether oxygens (including phenoxy) is 1. The normalized spacial score (nSPS) is 15.0. The van der Waals surface area contributed by atoms with Gasteiger partial charge >= 0.3 is 0 Å². The first-order chi connectivity index (χ1) is 11.7. The van der Waals surface area contributed by atoms with Gasteiger partial charge in [0.2, 0.25) is 0 Å². The van der Waals surface area contributed by atoms with Crippen molar-refractivity contribution in [1.29, 1.82) is 0 Å². The van der Waals surface area contributed by atoms with E-state index in [1.54, 1.807) is 0 Å². The van der Waals surface area contributed by atoms with Crippen LogP contribution in [0.3, 0.4) is 0 Å². The summed E-state index contributed by atoms with van der Waals surface area (Å²) >= 11 is 0. The summed E-state index contributed by atoms with van der Waals surface area (Å²) in [7, 11) is 1.82. The fourth-order valence-corrected chi connectivity index (χ4v) is 2.77. The smallest absolute Gasteiger partial charge is 0.191 e. The maximum atomic E-state index is 5.40. The maximum Gasteiger partial charge on any atom is 0.191 e. The highest BCUT2D eigenvalue weighted by Crippen LogP contribution is 2.16. The van der Waals surface area contributed by atoms with Crippen LogP contribution < -0.4 is 15.5 Å². The van der Waals surface area contributed by atoms with Crippen LogP contribution in [0.4, 0.5) is 5.69 Å². The van der Waals surface area contributed by atoms with E-state index in [0.717, 1.165) is 51.3 Å². The standard InChI is InChI=1S/C19H32N4O.HI/c1-16(2)5-4-10-21-19(20-3)22-15-17-6-8-18(9-7-17)23-11-13-24-14-12-23;/h6-9,16H,4-5,10-15H2,1-3H3,(H2,20,21,22);1H. The van der Waals surface area contributed by atoms with Gasteiger partial charge in [-0.1, -0.05) is 26.0 Å². The Morgan fingerprint density at radius 3 is 2.44 bits per heavy atom. The van der Waals surface area contributed by atoms with Crippen molar-refractivity contribution in [3.8, 4) is 0 Å². The molecule has 1 heterocycles. The molecule has 1 aromatic rings. The zero-order valence-corrected chi connectivity index (χ0v) is 18.1. The fourth-order valence-electron chi connectivity index (χ4n) is 2.77. The number of halogens is 1. The van der Waals surface area contributed by atoms with Crippen LogP contribution in [0, 0.1) is 5.92 Å². The lowest BCUT2D eigenvalue weighted by molar-refractivity contribution is 0.122. The molecule has 1 saturated heterocycles. The van der Waals surface area contributed by atoms with Crippen LogP contribution >= 0.6 is 24.0 Å². The molecule has 0 bridgehead atoms. The highest BCUT2D eigenvalue weighted by Gasteiger charge is 2.10. The lowest BCUT2D eigenvalue weighted by Crippen LogP contribution is -2.37. The Morgan fingerprint density at radius 2 is 1.84 bits per heavy atom. The first-order valence-corrected chi connectivity index (χ1v) is 9.05. The first-order valence-electron chi connectivity index (χ1n) is 9.05. The third-order valence-corrected chi connectivity index (χ3v) is 4.25. The van der Waals surface area contributed by atoms with Gasteiger partial charge in [-0.3, -0.25) is 4.99 Å². The molecule has 1 aromatic carbocycles. The van der Waals surface area contributed by atoms with Crippen molar-refractivity contribution in [2.24, 2.45) is 10.9 Å². The molecule has 1 fully saturated rings. The molecule has 25 heavy (non-hydrogen) atoms. The van der Waals surface area contributed by atoms with Crippen LogP contribution in [0.1, 0.15) is 32.3 Å². The Hall–Kier alpha value is -1.02. The van der Waals surface area contributed by atoms with Crippen molar-refractivity contribution >= 4 is 35.6 Å². The number of anilines is 1. The van der Waals surface area contributed by atoms with E-state index in [-0.39, 0.29) is 24.0 Å². The molecule has 5 nitrogen and oxygen atoms in total. The van der Waals surface area contributed by atoms with Gasteiger partial charge in [0.1, 0.15) is 0 Å². The molecule has 0 saturated carbocycles. The third kappa shape index (κ3) is 8.27. The molecule has 2 rings (SSSR count). The summed E-state index contributed by atoms with van der Waals surface area (Å²) in [5.74, 6) is 1.63. The zero-order chi connectivity index (χ0) is 17.2. The Bertz CT molecular complexity index is 499. The van der Waals surface area contributed by atoms with Crippen molar-refractivity contribution in [2.45, 2.75) is 33.2 Å². The van der Waals surface area contributed by atoms with Crippen LogP contribution in [0.2, 0.25) is 0 Å². The Kier molecular flexibility index (Phi) is 10.9. The largest absolute Gasteiger partial charge is 0.378 e. The molecule has 6 heteroatoms. The summed E-state index contributed by atoms with van der Waals surface area (Å²) in [4.78, 5) is 6.65. The summed E-state index contributed by atoms with van der Waals surface area (Å²) in [6.45, 7) is 9.86. The highest BCUT2D eigenvalue weighted by molar-refractivity contribution is 14.0. The Morgan fingerprint density at radius 1 is 1.16 bits per heavy atom. The van der Waals surface area contributed by atoms with Crippen molar-refractivity contribution in [3.05, 3.63) is 29.8 Å². The molecule has 1 aliphatic rings. The molecule has 0 radical (unpaired) electrons. The fraction of sp³-hybridized carbons (Fsp3) is 0.632. The van der Waals surface area contributed by atoms with Crippen LogP contribution in [0.5, 0.6) is 0 Å². The average Bonchev–Trinajstić information content (AvgIpc) is 2.62. The minimum absolute atomic E-state index is 0. The Labute approximate surface area is 169 Å². The van der Waals surface area contributed by atoms with Crippen LogP contribution in [-0.2, 0) is 11.3 Å². The summed E-state index contributed by atoms with van der Waals surface area (Å²) in [6, 6.07) is 8.76. The van der Waals surface area contributed by atoms with Crippen molar-refractivity contribution in [1.82, 2.24) is 10.6 Å². The predicted octanol–water partition coefficient (Wildman–Crippen LogP) is 3.24. The van der Waals surface area contributed by atoms with Gasteiger partial charge in [-0.25, -0.2) is 0 Å². The molecule has 142 valence electrons. The SMILES string of the molecule is CN=C(NCCCC(C)C)NCc1ccc(N2CCOCC2)cc1.I. The second kappa shape index (κ2) is 12.4. The van der Waals surface area contributed by atoms with E-state index in [0.29, 0.717) is 0 Å². The molecule has 0 atom stereocenters. The van der Waals surface area contributed by atoms with Crippen molar-refractivity contribution in [2.75, 3.05) is 44.8 Å². The van der Waals surface area contributed by atoms with Gasteiger partial charge < -0.3 is 20.3 Å². The number of hydrogen-bond acceptors (Lipinski definition) is 3. The second-order valence-electron chi connectivity index (χ2n) is 6.65. The summed E-state index contributed by atoms with van der Waals surface area (Å²) in [5.41, 5.74) is 2.54. The first kappa shape index (κ1) is 22.0. The number of aliphatic imine (C=N–C) groups is 1. The van der Waals surface area contributed by atoms with Crippen LogP contribution in [0.15, 0.2) is 29.3 Å². The molecule has 0 unspecified atom stereocenters. The summed E-state index contributed by atoms with van der Waals surface area (Å²) < 4.78 is 5.40. The van der Waals surface area contributed by atoms with Gasteiger partial charge in [0.05, 0.1) is 13.2 Å². The van der Waals surface area contributed by atoms with Gasteiger partial charge in [-0.15, -0.1) is 24.0 Å². The molecular weight excluding hydrogens is 427 g/mol. The number of hydrogen-bond donors (Lipinski definition) is 2. The molecule has 0 amide bonds. The maximum absolute atomic E-state index is 5.40. The van der Waals surface area contributed by atoms with Gasteiger partial charge in [0, 0.05) is 38.9 Å². The summed E-state index contributed by atoms with van der Waals surface area (Å²) in [6.07, 6.45) is 2.42. The van der Waals surface area contributed by atoms with E-state index < -0.39 is 0 Å². The average molecular weight is 460 g/mol. The number of nitrogens with zero attached hydrogens (tertiary/aromatic N) is 2.